The molecule has 0 amide bonds. The molecule has 1 atom stereocenters. The van der Waals surface area contributed by atoms with E-state index in [1.807, 2.05) is 20.9 Å². The summed E-state index contributed by atoms with van der Waals surface area (Å²) in [6.07, 6.45) is 1.78. The molecule has 0 bridgehead atoms. The lowest BCUT2D eigenvalue weighted by molar-refractivity contribution is -0.150. The minimum atomic E-state index is -0.337. The van der Waals surface area contributed by atoms with E-state index in [4.69, 9.17) is 4.74 Å². The van der Waals surface area contributed by atoms with Crippen LogP contribution in [0.15, 0.2) is 6.20 Å². The molecule has 6 heteroatoms. The maximum Gasteiger partial charge on any atom is 0.328 e. The van der Waals surface area contributed by atoms with Gasteiger partial charge >= 0.3 is 5.97 Å². The van der Waals surface area contributed by atoms with Gasteiger partial charge in [-0.05, 0) is 13.8 Å². The highest BCUT2D eigenvalue weighted by atomic mass is 16.5. The zero-order valence-electron chi connectivity index (χ0n) is 11.8. The standard InChI is InChI=1S/C13H22N4O2/c1-4-19-13(18)12(17-7-5-14-6-8-17)11-9-15-16(3)10(11)2/h9,12,14H,4-8H2,1-3H3. The van der Waals surface area contributed by atoms with Crippen LogP contribution in [0, 0.1) is 6.92 Å². The van der Waals surface area contributed by atoms with Crippen molar-refractivity contribution in [1.29, 1.82) is 0 Å². The van der Waals surface area contributed by atoms with Gasteiger partial charge in [-0.3, -0.25) is 9.58 Å². The number of nitrogens with one attached hydrogen (secondary N) is 1. The Hall–Kier alpha value is -1.40. The van der Waals surface area contributed by atoms with E-state index < -0.39 is 0 Å². The number of ether oxygens (including phenoxy) is 1. The van der Waals surface area contributed by atoms with Crippen LogP contribution < -0.4 is 5.32 Å². The van der Waals surface area contributed by atoms with E-state index in [1.165, 1.54) is 0 Å². The number of aromatic nitrogens is 2. The van der Waals surface area contributed by atoms with E-state index in [9.17, 15) is 4.79 Å². The fourth-order valence-corrected chi connectivity index (χ4v) is 2.42. The second-order valence-electron chi connectivity index (χ2n) is 4.75. The monoisotopic (exact) mass is 266 g/mol. The van der Waals surface area contributed by atoms with Gasteiger partial charge in [0.25, 0.3) is 0 Å². The largest absolute Gasteiger partial charge is 0.465 e. The number of rotatable bonds is 4. The number of piperazine rings is 1. The molecule has 106 valence electrons. The molecule has 0 spiro atoms. The van der Waals surface area contributed by atoms with Crippen molar-refractivity contribution in [1.82, 2.24) is 20.0 Å². The van der Waals surface area contributed by atoms with Gasteiger partial charge in [-0.1, -0.05) is 0 Å². The average Bonchev–Trinajstić information content (AvgIpc) is 2.73. The van der Waals surface area contributed by atoms with Crippen molar-refractivity contribution in [2.24, 2.45) is 7.05 Å². The van der Waals surface area contributed by atoms with Crippen molar-refractivity contribution in [3.05, 3.63) is 17.5 Å². The van der Waals surface area contributed by atoms with Crippen molar-refractivity contribution < 1.29 is 9.53 Å². The Morgan fingerprint density at radius 1 is 1.53 bits per heavy atom. The molecule has 2 heterocycles. The molecule has 1 aromatic rings. The van der Waals surface area contributed by atoms with Gasteiger partial charge in [0.2, 0.25) is 0 Å². The lowest BCUT2D eigenvalue weighted by Gasteiger charge is -2.33. The van der Waals surface area contributed by atoms with E-state index in [1.54, 1.807) is 10.9 Å². The van der Waals surface area contributed by atoms with Gasteiger partial charge in [0.1, 0.15) is 6.04 Å². The van der Waals surface area contributed by atoms with Crippen LogP contribution >= 0.6 is 0 Å². The van der Waals surface area contributed by atoms with Crippen molar-refractivity contribution in [3.63, 3.8) is 0 Å². The Kier molecular flexibility index (Phi) is 4.55. The maximum atomic E-state index is 12.3. The number of hydrogen-bond donors (Lipinski definition) is 1. The molecule has 1 N–H and O–H groups in total. The normalized spacial score (nSPS) is 18.3. The minimum Gasteiger partial charge on any atom is -0.465 e. The molecule has 1 aliphatic heterocycles. The number of carbonyl (C=O) groups is 1. The Balaban J connectivity index is 2.27. The van der Waals surface area contributed by atoms with E-state index in [2.05, 4.69) is 15.3 Å². The molecule has 0 aliphatic carbocycles. The first-order valence-electron chi connectivity index (χ1n) is 6.75. The molecule has 1 saturated heterocycles. The van der Waals surface area contributed by atoms with Crippen LogP contribution in [-0.4, -0.2) is 53.4 Å². The van der Waals surface area contributed by atoms with Gasteiger partial charge in [0.05, 0.1) is 12.8 Å². The molecule has 1 fully saturated rings. The molecule has 6 nitrogen and oxygen atoms in total. The van der Waals surface area contributed by atoms with E-state index in [0.717, 1.165) is 37.4 Å². The zero-order valence-corrected chi connectivity index (χ0v) is 11.8. The molecule has 1 aromatic heterocycles. The SMILES string of the molecule is CCOC(=O)C(c1cnn(C)c1C)N1CCNCC1. The van der Waals surface area contributed by atoms with Gasteiger partial charge in [-0.15, -0.1) is 0 Å². The van der Waals surface area contributed by atoms with Crippen molar-refractivity contribution in [2.75, 3.05) is 32.8 Å². The fourth-order valence-electron chi connectivity index (χ4n) is 2.42. The highest BCUT2D eigenvalue weighted by Gasteiger charge is 2.32. The van der Waals surface area contributed by atoms with Crippen LogP contribution in [0.3, 0.4) is 0 Å². The van der Waals surface area contributed by atoms with Gasteiger partial charge in [0.15, 0.2) is 0 Å². The van der Waals surface area contributed by atoms with E-state index in [-0.39, 0.29) is 12.0 Å². The smallest absolute Gasteiger partial charge is 0.328 e. The highest BCUT2D eigenvalue weighted by Crippen LogP contribution is 2.25. The molecular weight excluding hydrogens is 244 g/mol. The van der Waals surface area contributed by atoms with Crippen molar-refractivity contribution >= 4 is 5.97 Å². The number of carbonyl (C=O) groups excluding carboxylic acids is 1. The lowest BCUT2D eigenvalue weighted by atomic mass is 10.1. The summed E-state index contributed by atoms with van der Waals surface area (Å²) in [5, 5.41) is 7.54. The highest BCUT2D eigenvalue weighted by molar-refractivity contribution is 5.78. The van der Waals surface area contributed by atoms with Gasteiger partial charge in [-0.2, -0.15) is 5.10 Å². The number of hydrogen-bond acceptors (Lipinski definition) is 5. The summed E-state index contributed by atoms with van der Waals surface area (Å²) in [4.78, 5) is 14.4. The van der Waals surface area contributed by atoms with E-state index >= 15 is 0 Å². The summed E-state index contributed by atoms with van der Waals surface area (Å²) < 4.78 is 7.03. The molecule has 0 aromatic carbocycles. The third-order valence-corrected chi connectivity index (χ3v) is 3.59. The Morgan fingerprint density at radius 3 is 2.74 bits per heavy atom. The van der Waals surface area contributed by atoms with E-state index in [0.29, 0.717) is 6.61 Å². The first-order chi connectivity index (χ1) is 9.15. The Labute approximate surface area is 113 Å². The average molecular weight is 266 g/mol. The Bertz CT molecular complexity index is 438. The van der Waals surface area contributed by atoms with Crippen LogP contribution in [0.2, 0.25) is 0 Å². The van der Waals surface area contributed by atoms with Gasteiger partial charge in [-0.25, -0.2) is 4.79 Å². The van der Waals surface area contributed by atoms with Gasteiger partial charge in [0, 0.05) is 44.5 Å². The summed E-state index contributed by atoms with van der Waals surface area (Å²) >= 11 is 0. The molecule has 2 rings (SSSR count). The minimum absolute atomic E-state index is 0.180. The van der Waals surface area contributed by atoms with Crippen LogP contribution in [-0.2, 0) is 16.6 Å². The topological polar surface area (TPSA) is 59.4 Å². The lowest BCUT2D eigenvalue weighted by Crippen LogP contribution is -2.47. The first-order valence-corrected chi connectivity index (χ1v) is 6.75. The summed E-state index contributed by atoms with van der Waals surface area (Å²) in [6, 6.07) is -0.337. The molecule has 0 radical (unpaired) electrons. The van der Waals surface area contributed by atoms with Crippen LogP contribution in [0.4, 0.5) is 0 Å². The molecule has 1 aliphatic rings. The van der Waals surface area contributed by atoms with Crippen molar-refractivity contribution in [3.8, 4) is 0 Å². The molecule has 0 saturated carbocycles. The predicted molar refractivity (Wildman–Crippen MR) is 71.8 cm³/mol. The van der Waals surface area contributed by atoms with Crippen LogP contribution in [0.5, 0.6) is 0 Å². The number of esters is 1. The summed E-state index contributed by atoms with van der Waals surface area (Å²) in [5.41, 5.74) is 1.96. The molecule has 19 heavy (non-hydrogen) atoms. The summed E-state index contributed by atoms with van der Waals surface area (Å²) in [7, 11) is 1.89. The second-order valence-corrected chi connectivity index (χ2v) is 4.75. The maximum absolute atomic E-state index is 12.3. The fraction of sp³-hybridized carbons (Fsp3) is 0.692. The van der Waals surface area contributed by atoms with Gasteiger partial charge < -0.3 is 10.1 Å². The molecular formula is C13H22N4O2. The first kappa shape index (κ1) is 14.0. The quantitative estimate of drug-likeness (QED) is 0.791. The van der Waals surface area contributed by atoms with Crippen LogP contribution in [0.1, 0.15) is 24.2 Å². The zero-order chi connectivity index (χ0) is 13.8. The summed E-state index contributed by atoms with van der Waals surface area (Å²) in [5.74, 6) is -0.180. The third-order valence-electron chi connectivity index (χ3n) is 3.59. The second kappa shape index (κ2) is 6.16. The molecule has 1 unspecified atom stereocenters. The third kappa shape index (κ3) is 2.96. The van der Waals surface area contributed by atoms with Crippen LogP contribution in [0.25, 0.3) is 0 Å². The number of aryl methyl sites for hydroxylation is 1. The predicted octanol–water partition coefficient (Wildman–Crippen LogP) is 0.238. The van der Waals surface area contributed by atoms with Crippen molar-refractivity contribution in [2.45, 2.75) is 19.9 Å². The summed E-state index contributed by atoms with van der Waals surface area (Å²) in [6.45, 7) is 7.71. The number of nitrogens with zero attached hydrogens (tertiary/aromatic N) is 3. The Morgan fingerprint density at radius 2 is 2.21 bits per heavy atom.